The van der Waals surface area contributed by atoms with Crippen LogP contribution in [0.1, 0.15) is 24.0 Å². The zero-order chi connectivity index (χ0) is 24.3. The van der Waals surface area contributed by atoms with E-state index in [2.05, 4.69) is 63.2 Å². The zero-order valence-electron chi connectivity index (χ0n) is 19.8. The molecule has 34 heavy (non-hydrogen) atoms. The van der Waals surface area contributed by atoms with E-state index in [1.54, 1.807) is 7.11 Å². The third-order valence-corrected chi connectivity index (χ3v) is 6.50. The Hall–Kier alpha value is -2.94. The predicted molar refractivity (Wildman–Crippen MR) is 130 cm³/mol. The Morgan fingerprint density at radius 3 is 1.94 bits per heavy atom. The number of methoxy groups -OCH3 is 1. The summed E-state index contributed by atoms with van der Waals surface area (Å²) in [6.45, 7) is 9.23. The number of carboxylic acids is 2. The van der Waals surface area contributed by atoms with Crippen LogP contribution >= 0.6 is 0 Å². The Morgan fingerprint density at radius 1 is 0.794 bits per heavy atom. The van der Waals surface area contributed by atoms with Gasteiger partial charge in [0, 0.05) is 50.9 Å². The summed E-state index contributed by atoms with van der Waals surface area (Å²) in [6, 6.07) is 20.0. The number of rotatable bonds is 6. The van der Waals surface area contributed by atoms with Gasteiger partial charge in [-0.05, 0) is 37.6 Å². The van der Waals surface area contributed by atoms with Crippen LogP contribution in [0.2, 0.25) is 0 Å². The van der Waals surface area contributed by atoms with Crippen molar-refractivity contribution >= 4 is 11.9 Å². The molecule has 2 heterocycles. The molecule has 0 atom stereocenters. The number of carbonyl (C=O) groups is 2. The summed E-state index contributed by atoms with van der Waals surface area (Å²) in [5.74, 6) is -2.64. The van der Waals surface area contributed by atoms with Crippen molar-refractivity contribution in [1.29, 1.82) is 0 Å². The molecule has 2 aliphatic rings. The summed E-state index contributed by atoms with van der Waals surface area (Å²) in [5, 5.41) is 14.8. The number of ether oxygens (including phenoxy) is 1. The Kier molecular flexibility index (Phi) is 9.88. The number of nitrogens with zero attached hydrogens (tertiary/aromatic N) is 3. The summed E-state index contributed by atoms with van der Waals surface area (Å²) < 4.78 is 5.51. The van der Waals surface area contributed by atoms with E-state index in [9.17, 15) is 0 Å². The van der Waals surface area contributed by atoms with Gasteiger partial charge in [0.25, 0.3) is 0 Å². The Bertz CT molecular complexity index is 896. The van der Waals surface area contributed by atoms with E-state index in [1.165, 1.54) is 50.1 Å². The van der Waals surface area contributed by atoms with E-state index in [1.807, 2.05) is 6.07 Å². The van der Waals surface area contributed by atoms with Gasteiger partial charge in [0.05, 0.1) is 7.11 Å². The highest BCUT2D eigenvalue weighted by Crippen LogP contribution is 2.23. The highest BCUT2D eigenvalue weighted by molar-refractivity contribution is 6.27. The summed E-state index contributed by atoms with van der Waals surface area (Å²) in [6.07, 6.45) is 2.61. The summed E-state index contributed by atoms with van der Waals surface area (Å²) in [4.78, 5) is 26.1. The molecule has 184 valence electrons. The fourth-order valence-corrected chi connectivity index (χ4v) is 4.65. The summed E-state index contributed by atoms with van der Waals surface area (Å²) in [5.41, 5.74) is 2.73. The van der Waals surface area contributed by atoms with Crippen molar-refractivity contribution in [2.45, 2.75) is 32.0 Å². The van der Waals surface area contributed by atoms with E-state index in [0.29, 0.717) is 0 Å². The van der Waals surface area contributed by atoms with E-state index < -0.39 is 11.9 Å². The normalized spacial score (nSPS) is 18.0. The molecule has 8 nitrogen and oxygen atoms in total. The topological polar surface area (TPSA) is 93.5 Å². The maximum atomic E-state index is 9.10. The molecule has 0 radical (unpaired) electrons. The molecule has 0 saturated carbocycles. The first-order valence-corrected chi connectivity index (χ1v) is 11.8. The van der Waals surface area contributed by atoms with Crippen LogP contribution in [0.4, 0.5) is 0 Å². The highest BCUT2D eigenvalue weighted by atomic mass is 16.5. The first kappa shape index (κ1) is 25.7. The fraction of sp³-hybridized carbons (Fsp3) is 0.462. The molecule has 2 aliphatic heterocycles. The van der Waals surface area contributed by atoms with Crippen molar-refractivity contribution < 1.29 is 24.5 Å². The van der Waals surface area contributed by atoms with Crippen LogP contribution in [0.15, 0.2) is 54.6 Å². The van der Waals surface area contributed by atoms with E-state index >= 15 is 0 Å². The van der Waals surface area contributed by atoms with Gasteiger partial charge in [-0.15, -0.1) is 0 Å². The lowest BCUT2D eigenvalue weighted by atomic mass is 10.0. The number of para-hydroxylation sites is 1. The molecular weight excluding hydrogens is 434 g/mol. The fourth-order valence-electron chi connectivity index (χ4n) is 4.65. The molecular formula is C26H35N3O5. The SMILES string of the molecule is COc1ccccc1CN1CCN(C2CCN(Cc3ccccc3)CC2)CC1.O=C(O)C(=O)O. The largest absolute Gasteiger partial charge is 0.496 e. The molecule has 0 aromatic heterocycles. The second kappa shape index (κ2) is 13.1. The lowest BCUT2D eigenvalue weighted by molar-refractivity contribution is -0.159. The minimum atomic E-state index is -1.82. The minimum Gasteiger partial charge on any atom is -0.496 e. The molecule has 0 amide bonds. The first-order chi connectivity index (χ1) is 16.5. The van der Waals surface area contributed by atoms with Crippen LogP contribution in [-0.2, 0) is 22.7 Å². The predicted octanol–water partition coefficient (Wildman–Crippen LogP) is 2.63. The van der Waals surface area contributed by atoms with Crippen LogP contribution in [0, 0.1) is 0 Å². The number of likely N-dealkylation sites (tertiary alicyclic amines) is 1. The molecule has 2 aromatic carbocycles. The van der Waals surface area contributed by atoms with Crippen LogP contribution < -0.4 is 4.74 Å². The number of hydrogen-bond donors (Lipinski definition) is 2. The molecule has 4 rings (SSSR count). The van der Waals surface area contributed by atoms with Gasteiger partial charge in [-0.2, -0.15) is 0 Å². The molecule has 0 bridgehead atoms. The van der Waals surface area contributed by atoms with Crippen molar-refractivity contribution in [3.05, 3.63) is 65.7 Å². The summed E-state index contributed by atoms with van der Waals surface area (Å²) in [7, 11) is 1.76. The zero-order valence-corrected chi connectivity index (χ0v) is 19.8. The lowest BCUT2D eigenvalue weighted by Crippen LogP contribution is -2.52. The van der Waals surface area contributed by atoms with Gasteiger partial charge in [0.2, 0.25) is 0 Å². The molecule has 2 fully saturated rings. The number of aliphatic carboxylic acids is 2. The van der Waals surface area contributed by atoms with E-state index in [0.717, 1.165) is 38.0 Å². The summed E-state index contributed by atoms with van der Waals surface area (Å²) >= 11 is 0. The number of hydrogen-bond acceptors (Lipinski definition) is 6. The van der Waals surface area contributed by atoms with Gasteiger partial charge in [-0.1, -0.05) is 48.5 Å². The number of piperidine rings is 1. The van der Waals surface area contributed by atoms with Crippen molar-refractivity contribution in [2.75, 3.05) is 46.4 Å². The van der Waals surface area contributed by atoms with E-state index in [-0.39, 0.29) is 0 Å². The van der Waals surface area contributed by atoms with Crippen molar-refractivity contribution in [1.82, 2.24) is 14.7 Å². The molecule has 0 aliphatic carbocycles. The Balaban J connectivity index is 0.000000481. The molecule has 2 saturated heterocycles. The van der Waals surface area contributed by atoms with Crippen molar-refractivity contribution in [3.63, 3.8) is 0 Å². The van der Waals surface area contributed by atoms with Gasteiger partial charge in [0.15, 0.2) is 0 Å². The van der Waals surface area contributed by atoms with Crippen LogP contribution in [-0.4, -0.2) is 89.3 Å². The van der Waals surface area contributed by atoms with Gasteiger partial charge in [-0.3, -0.25) is 14.7 Å². The second-order valence-corrected chi connectivity index (χ2v) is 8.73. The molecule has 8 heteroatoms. The molecule has 2 aromatic rings. The van der Waals surface area contributed by atoms with Crippen LogP contribution in [0.5, 0.6) is 5.75 Å². The Labute approximate surface area is 201 Å². The quantitative estimate of drug-likeness (QED) is 0.624. The third-order valence-electron chi connectivity index (χ3n) is 6.50. The molecule has 2 N–H and O–H groups in total. The standard InChI is InChI=1S/C24H33N3O.C2H2O4/c1-28-24-10-6-5-9-22(24)20-26-15-17-27(18-16-26)23-11-13-25(14-12-23)19-21-7-3-2-4-8-21;3-1(4)2(5)6/h2-10,23H,11-20H2,1H3;(H,3,4)(H,5,6). The van der Waals surface area contributed by atoms with Gasteiger partial charge >= 0.3 is 11.9 Å². The third kappa shape index (κ3) is 7.83. The lowest BCUT2D eigenvalue weighted by Gasteiger charge is -2.43. The van der Waals surface area contributed by atoms with Crippen molar-refractivity contribution in [3.8, 4) is 5.75 Å². The van der Waals surface area contributed by atoms with Crippen LogP contribution in [0.3, 0.4) is 0 Å². The maximum Gasteiger partial charge on any atom is 0.414 e. The molecule has 0 spiro atoms. The number of benzene rings is 2. The van der Waals surface area contributed by atoms with Crippen molar-refractivity contribution in [2.24, 2.45) is 0 Å². The number of carboxylic acid groups (broad SMARTS) is 2. The molecule has 0 unspecified atom stereocenters. The average molecular weight is 470 g/mol. The van der Waals surface area contributed by atoms with Gasteiger partial charge in [0.1, 0.15) is 5.75 Å². The smallest absolute Gasteiger partial charge is 0.414 e. The van der Waals surface area contributed by atoms with Gasteiger partial charge in [-0.25, -0.2) is 9.59 Å². The first-order valence-electron chi connectivity index (χ1n) is 11.8. The minimum absolute atomic E-state index is 0.764. The van der Waals surface area contributed by atoms with E-state index in [4.69, 9.17) is 24.5 Å². The maximum absolute atomic E-state index is 9.10. The second-order valence-electron chi connectivity index (χ2n) is 8.73. The Morgan fingerprint density at radius 2 is 1.35 bits per heavy atom. The average Bonchev–Trinajstić information content (AvgIpc) is 2.86. The van der Waals surface area contributed by atoms with Crippen LogP contribution in [0.25, 0.3) is 0 Å². The number of piperazine rings is 1. The monoisotopic (exact) mass is 469 g/mol. The van der Waals surface area contributed by atoms with Gasteiger partial charge < -0.3 is 14.9 Å². The highest BCUT2D eigenvalue weighted by Gasteiger charge is 2.27.